The van der Waals surface area contributed by atoms with E-state index in [0.29, 0.717) is 6.61 Å². The second-order valence-corrected chi connectivity index (χ2v) is 2.30. The van der Waals surface area contributed by atoms with Crippen molar-refractivity contribution in [1.82, 2.24) is 9.55 Å². The molecule has 1 aromatic heterocycles. The third-order valence-corrected chi connectivity index (χ3v) is 1.42. The number of nitriles is 1. The topological polar surface area (TPSA) is 67.9 Å². The molecule has 1 rings (SSSR count). The van der Waals surface area contributed by atoms with Crippen molar-refractivity contribution in [1.29, 1.82) is 5.26 Å². The van der Waals surface area contributed by atoms with E-state index in [4.69, 9.17) is 10.00 Å². The monoisotopic (exact) mass is 179 g/mol. The van der Waals surface area contributed by atoms with Crippen molar-refractivity contribution in [2.75, 3.05) is 6.61 Å². The Hall–Kier alpha value is -1.83. The molecule has 0 atom stereocenters. The zero-order chi connectivity index (χ0) is 9.68. The summed E-state index contributed by atoms with van der Waals surface area (Å²) in [6, 6.07) is 1.87. The zero-order valence-corrected chi connectivity index (χ0v) is 7.23. The number of rotatable bonds is 3. The Labute approximate surface area is 75.6 Å². The van der Waals surface area contributed by atoms with Gasteiger partial charge in [0.2, 0.25) is 5.82 Å². The van der Waals surface area contributed by atoms with Gasteiger partial charge in [0.25, 0.3) is 0 Å². The van der Waals surface area contributed by atoms with Gasteiger partial charge in [-0.25, -0.2) is 4.98 Å². The number of carbonyl (C=O) groups excluding carboxylic acids is 1. The van der Waals surface area contributed by atoms with Crippen molar-refractivity contribution in [2.24, 2.45) is 0 Å². The summed E-state index contributed by atoms with van der Waals surface area (Å²) < 4.78 is 6.16. The highest BCUT2D eigenvalue weighted by Gasteiger charge is 2.06. The molecule has 0 radical (unpaired) electrons. The van der Waals surface area contributed by atoms with Crippen LogP contribution in [0.15, 0.2) is 12.4 Å². The average molecular weight is 179 g/mol. The molecule has 1 heterocycles. The van der Waals surface area contributed by atoms with Gasteiger partial charge >= 0.3 is 5.97 Å². The molecule has 0 fully saturated rings. The third kappa shape index (κ3) is 2.30. The number of hydrogen-bond donors (Lipinski definition) is 0. The summed E-state index contributed by atoms with van der Waals surface area (Å²) >= 11 is 0. The molecular weight excluding hydrogens is 170 g/mol. The molecule has 0 saturated heterocycles. The number of aromatic nitrogens is 2. The number of nitrogens with zero attached hydrogens (tertiary/aromatic N) is 3. The number of hydrogen-bond acceptors (Lipinski definition) is 4. The van der Waals surface area contributed by atoms with E-state index in [0.717, 1.165) is 0 Å². The zero-order valence-electron chi connectivity index (χ0n) is 7.23. The molecule has 0 aromatic carbocycles. The Morgan fingerprint density at radius 1 is 1.85 bits per heavy atom. The average Bonchev–Trinajstić information content (AvgIpc) is 2.52. The summed E-state index contributed by atoms with van der Waals surface area (Å²) in [6.45, 7) is 2.11. The minimum absolute atomic E-state index is 0.0384. The van der Waals surface area contributed by atoms with Gasteiger partial charge < -0.3 is 9.30 Å². The summed E-state index contributed by atoms with van der Waals surface area (Å²) in [5, 5.41) is 8.56. The standard InChI is InChI=1S/C8H9N3O2/c1-2-13-8(12)6-11-4-3-10-7(11)5-9/h3-4H,2,6H2,1H3. The molecule has 13 heavy (non-hydrogen) atoms. The third-order valence-electron chi connectivity index (χ3n) is 1.42. The van der Waals surface area contributed by atoms with Gasteiger partial charge in [-0.05, 0) is 6.92 Å². The molecule has 0 bridgehead atoms. The van der Waals surface area contributed by atoms with Crippen LogP contribution in [0.3, 0.4) is 0 Å². The molecule has 0 aliphatic carbocycles. The lowest BCUT2D eigenvalue weighted by atomic mass is 10.5. The molecule has 5 heteroatoms. The molecule has 5 nitrogen and oxygen atoms in total. The van der Waals surface area contributed by atoms with Crippen LogP contribution in [0.25, 0.3) is 0 Å². The van der Waals surface area contributed by atoms with E-state index in [2.05, 4.69) is 4.98 Å². The molecule has 0 N–H and O–H groups in total. The van der Waals surface area contributed by atoms with Gasteiger partial charge in [0.1, 0.15) is 12.6 Å². The Morgan fingerprint density at radius 2 is 2.62 bits per heavy atom. The van der Waals surface area contributed by atoms with Gasteiger partial charge in [-0.15, -0.1) is 0 Å². The Bertz CT molecular complexity index is 337. The first-order chi connectivity index (χ1) is 6.27. The fourth-order valence-corrected chi connectivity index (χ4v) is 0.896. The Morgan fingerprint density at radius 3 is 3.23 bits per heavy atom. The van der Waals surface area contributed by atoms with Crippen molar-refractivity contribution in [3.05, 3.63) is 18.2 Å². The van der Waals surface area contributed by atoms with Gasteiger partial charge in [-0.2, -0.15) is 5.26 Å². The number of carbonyl (C=O) groups is 1. The first-order valence-electron chi connectivity index (χ1n) is 3.84. The maximum atomic E-state index is 11.0. The molecule has 0 aliphatic heterocycles. The highest BCUT2D eigenvalue weighted by molar-refractivity contribution is 5.69. The molecule has 0 amide bonds. The second kappa shape index (κ2) is 4.26. The Balaban J connectivity index is 2.64. The van der Waals surface area contributed by atoms with Crippen molar-refractivity contribution in [2.45, 2.75) is 13.5 Å². The van der Waals surface area contributed by atoms with E-state index in [1.54, 1.807) is 13.1 Å². The second-order valence-electron chi connectivity index (χ2n) is 2.30. The van der Waals surface area contributed by atoms with Crippen LogP contribution in [0.5, 0.6) is 0 Å². The van der Waals surface area contributed by atoms with E-state index in [9.17, 15) is 4.79 Å². The van der Waals surface area contributed by atoms with Gasteiger partial charge in [-0.3, -0.25) is 4.79 Å². The van der Waals surface area contributed by atoms with Crippen LogP contribution in [0.2, 0.25) is 0 Å². The lowest BCUT2D eigenvalue weighted by Crippen LogP contribution is -2.13. The van der Waals surface area contributed by atoms with E-state index in [1.807, 2.05) is 6.07 Å². The van der Waals surface area contributed by atoms with Crippen molar-refractivity contribution in [3.63, 3.8) is 0 Å². The van der Waals surface area contributed by atoms with Crippen LogP contribution >= 0.6 is 0 Å². The first-order valence-corrected chi connectivity index (χ1v) is 3.84. The van der Waals surface area contributed by atoms with Crippen LogP contribution in [0, 0.1) is 11.3 Å². The molecule has 0 spiro atoms. The van der Waals surface area contributed by atoms with Crippen LogP contribution in [-0.4, -0.2) is 22.1 Å². The van der Waals surface area contributed by atoms with E-state index >= 15 is 0 Å². The predicted octanol–water partition coefficient (Wildman–Crippen LogP) is 0.318. The van der Waals surface area contributed by atoms with Crippen molar-refractivity contribution in [3.8, 4) is 6.07 Å². The molecule has 68 valence electrons. The minimum atomic E-state index is -0.364. The molecule has 0 saturated carbocycles. The highest BCUT2D eigenvalue weighted by atomic mass is 16.5. The van der Waals surface area contributed by atoms with E-state index < -0.39 is 0 Å². The smallest absolute Gasteiger partial charge is 0.326 e. The highest BCUT2D eigenvalue weighted by Crippen LogP contribution is 1.96. The molecule has 1 aromatic rings. The van der Waals surface area contributed by atoms with Gasteiger partial charge in [0.05, 0.1) is 6.61 Å². The summed E-state index contributed by atoms with van der Waals surface area (Å²) in [6.07, 6.45) is 3.03. The van der Waals surface area contributed by atoms with Gasteiger partial charge in [0.15, 0.2) is 0 Å². The van der Waals surface area contributed by atoms with E-state index in [1.165, 1.54) is 10.8 Å². The normalized spacial score (nSPS) is 9.23. The fraction of sp³-hybridized carbons (Fsp3) is 0.375. The van der Waals surface area contributed by atoms with Crippen molar-refractivity contribution >= 4 is 5.97 Å². The fourth-order valence-electron chi connectivity index (χ4n) is 0.896. The lowest BCUT2D eigenvalue weighted by Gasteiger charge is -2.02. The number of imidazole rings is 1. The molecular formula is C8H9N3O2. The summed E-state index contributed by atoms with van der Waals surface area (Å²) in [5.74, 6) is -0.148. The SMILES string of the molecule is CCOC(=O)Cn1ccnc1C#N. The summed E-state index contributed by atoms with van der Waals surface area (Å²) in [4.78, 5) is 14.7. The molecule has 0 unspecified atom stereocenters. The summed E-state index contributed by atoms with van der Waals surface area (Å²) in [7, 11) is 0. The maximum absolute atomic E-state index is 11.0. The summed E-state index contributed by atoms with van der Waals surface area (Å²) in [5.41, 5.74) is 0. The van der Waals surface area contributed by atoms with E-state index in [-0.39, 0.29) is 18.3 Å². The first kappa shape index (κ1) is 9.26. The van der Waals surface area contributed by atoms with Crippen LogP contribution in [-0.2, 0) is 16.1 Å². The largest absolute Gasteiger partial charge is 0.465 e. The molecule has 0 aliphatic rings. The van der Waals surface area contributed by atoms with Crippen LogP contribution < -0.4 is 0 Å². The van der Waals surface area contributed by atoms with Crippen LogP contribution in [0.1, 0.15) is 12.7 Å². The predicted molar refractivity (Wildman–Crippen MR) is 43.6 cm³/mol. The Kier molecular flexibility index (Phi) is 3.03. The number of esters is 1. The lowest BCUT2D eigenvalue weighted by molar-refractivity contribution is -0.143. The van der Waals surface area contributed by atoms with Crippen molar-refractivity contribution < 1.29 is 9.53 Å². The minimum Gasteiger partial charge on any atom is -0.465 e. The number of ether oxygens (including phenoxy) is 1. The van der Waals surface area contributed by atoms with Gasteiger partial charge in [-0.1, -0.05) is 0 Å². The van der Waals surface area contributed by atoms with Gasteiger partial charge in [0, 0.05) is 12.4 Å². The van der Waals surface area contributed by atoms with Crippen LogP contribution in [0.4, 0.5) is 0 Å². The maximum Gasteiger partial charge on any atom is 0.326 e. The quantitative estimate of drug-likeness (QED) is 0.626.